The van der Waals surface area contributed by atoms with Crippen LogP contribution in [-0.4, -0.2) is 60.8 Å². The van der Waals surface area contributed by atoms with Gasteiger partial charge in [-0.3, -0.25) is 9.59 Å². The minimum absolute atomic E-state index is 0.0398. The van der Waals surface area contributed by atoms with Crippen LogP contribution in [0.15, 0.2) is 23.1 Å². The summed E-state index contributed by atoms with van der Waals surface area (Å²) in [6.07, 6.45) is 1.43. The van der Waals surface area contributed by atoms with Gasteiger partial charge in [0.05, 0.1) is 10.8 Å². The molecule has 0 aromatic heterocycles. The number of rotatable bonds is 4. The first kappa shape index (κ1) is 19.8. The molecule has 7 nitrogen and oxygen atoms in total. The van der Waals surface area contributed by atoms with Crippen molar-refractivity contribution in [3.05, 3.63) is 29.3 Å². The Balaban J connectivity index is 1.62. The highest BCUT2D eigenvalue weighted by molar-refractivity contribution is 7.89. The van der Waals surface area contributed by atoms with Gasteiger partial charge in [-0.05, 0) is 56.4 Å². The predicted octanol–water partition coefficient (Wildman–Crippen LogP) is 1.64. The van der Waals surface area contributed by atoms with Crippen LogP contribution in [0.25, 0.3) is 0 Å². The second kappa shape index (κ2) is 7.59. The average Bonchev–Trinajstić information content (AvgIpc) is 3.14. The molecular formula is C19H26N2O5S. The lowest BCUT2D eigenvalue weighted by atomic mass is 9.96. The third-order valence-electron chi connectivity index (χ3n) is 5.77. The summed E-state index contributed by atoms with van der Waals surface area (Å²) in [6.45, 7) is 5.17. The zero-order valence-electron chi connectivity index (χ0n) is 15.7. The fraction of sp³-hybridized carbons (Fsp3) is 0.579. The van der Waals surface area contributed by atoms with Crippen molar-refractivity contribution in [2.45, 2.75) is 38.0 Å². The summed E-state index contributed by atoms with van der Waals surface area (Å²) in [5.74, 6) is -1.62. The van der Waals surface area contributed by atoms with E-state index in [4.69, 9.17) is 5.11 Å². The molecule has 2 fully saturated rings. The van der Waals surface area contributed by atoms with Crippen molar-refractivity contribution in [3.8, 4) is 0 Å². The maximum absolute atomic E-state index is 12.9. The number of hydrogen-bond donors (Lipinski definition) is 1. The number of carboxylic acids is 1. The van der Waals surface area contributed by atoms with Crippen LogP contribution in [0.1, 0.15) is 30.4 Å². The lowest BCUT2D eigenvalue weighted by Gasteiger charge is -2.32. The lowest BCUT2D eigenvalue weighted by Crippen LogP contribution is -2.44. The van der Waals surface area contributed by atoms with Gasteiger partial charge in [0.25, 0.3) is 0 Å². The normalized spacial score (nSPS) is 22.1. The van der Waals surface area contributed by atoms with Crippen LogP contribution in [0.5, 0.6) is 0 Å². The van der Waals surface area contributed by atoms with Gasteiger partial charge >= 0.3 is 5.97 Å². The van der Waals surface area contributed by atoms with Gasteiger partial charge < -0.3 is 10.0 Å². The Morgan fingerprint density at radius 1 is 1.00 bits per heavy atom. The average molecular weight is 394 g/mol. The molecule has 1 N–H and O–H groups in total. The first-order valence-electron chi connectivity index (χ1n) is 9.29. The highest BCUT2D eigenvalue weighted by atomic mass is 32.2. The Kier molecular flexibility index (Phi) is 5.58. The molecule has 1 aromatic carbocycles. The molecule has 0 saturated carbocycles. The summed E-state index contributed by atoms with van der Waals surface area (Å²) in [5.41, 5.74) is 1.98. The van der Waals surface area contributed by atoms with Gasteiger partial charge in [0.1, 0.15) is 0 Å². The minimum Gasteiger partial charge on any atom is -0.481 e. The number of aryl methyl sites for hydroxylation is 2. The monoisotopic (exact) mass is 394 g/mol. The smallest absolute Gasteiger partial charge is 0.308 e. The third kappa shape index (κ3) is 4.01. The minimum atomic E-state index is -3.56. The van der Waals surface area contributed by atoms with E-state index < -0.39 is 21.9 Å². The summed E-state index contributed by atoms with van der Waals surface area (Å²) in [4.78, 5) is 25.6. The van der Waals surface area contributed by atoms with Crippen molar-refractivity contribution >= 4 is 21.9 Å². The largest absolute Gasteiger partial charge is 0.481 e. The van der Waals surface area contributed by atoms with Gasteiger partial charge in [0.2, 0.25) is 15.9 Å². The number of nitrogens with zero attached hydrogens (tertiary/aromatic N) is 2. The maximum atomic E-state index is 12.9. The first-order valence-corrected chi connectivity index (χ1v) is 10.7. The quantitative estimate of drug-likeness (QED) is 0.838. The molecule has 0 radical (unpaired) electrons. The fourth-order valence-corrected chi connectivity index (χ4v) is 5.34. The zero-order chi connectivity index (χ0) is 19.8. The summed E-state index contributed by atoms with van der Waals surface area (Å²) in [6, 6.07) is 5.13. The van der Waals surface area contributed by atoms with Crippen LogP contribution < -0.4 is 0 Å². The van der Waals surface area contributed by atoms with Crippen molar-refractivity contribution in [2.75, 3.05) is 26.2 Å². The van der Waals surface area contributed by atoms with Crippen LogP contribution in [0.2, 0.25) is 0 Å². The molecule has 1 atom stereocenters. The van der Waals surface area contributed by atoms with E-state index in [0.717, 1.165) is 11.1 Å². The number of likely N-dealkylation sites (tertiary alicyclic amines) is 1. The molecular weight excluding hydrogens is 368 g/mol. The number of aliphatic carboxylic acids is 1. The lowest BCUT2D eigenvalue weighted by molar-refractivity contribution is -0.141. The number of carboxylic acid groups (broad SMARTS) is 1. The second-order valence-corrected chi connectivity index (χ2v) is 9.47. The molecule has 8 heteroatoms. The first-order chi connectivity index (χ1) is 12.7. The Morgan fingerprint density at radius 3 is 2.19 bits per heavy atom. The van der Waals surface area contributed by atoms with Crippen LogP contribution >= 0.6 is 0 Å². The standard InChI is InChI=1S/C19H26N2O5S/c1-13-3-4-17(11-14(13)2)27(25,26)21-9-6-15(7-10-21)18(22)20-8-5-16(12-20)19(23)24/h3-4,11,15-16H,5-10,12H2,1-2H3,(H,23,24). The molecule has 2 saturated heterocycles. The van der Waals surface area contributed by atoms with E-state index in [1.54, 1.807) is 17.0 Å². The van der Waals surface area contributed by atoms with Gasteiger partial charge in [0.15, 0.2) is 0 Å². The number of piperidine rings is 1. The summed E-state index contributed by atoms with van der Waals surface area (Å²) in [7, 11) is -3.56. The summed E-state index contributed by atoms with van der Waals surface area (Å²) >= 11 is 0. The van der Waals surface area contributed by atoms with Crippen LogP contribution in [0.4, 0.5) is 0 Å². The van der Waals surface area contributed by atoms with Gasteiger partial charge in [-0.1, -0.05) is 6.07 Å². The van der Waals surface area contributed by atoms with Crippen molar-refractivity contribution in [2.24, 2.45) is 11.8 Å². The van der Waals surface area contributed by atoms with Crippen molar-refractivity contribution < 1.29 is 23.1 Å². The molecule has 0 bridgehead atoms. The number of hydrogen-bond acceptors (Lipinski definition) is 4. The number of amides is 1. The topological polar surface area (TPSA) is 95.0 Å². The fourth-order valence-electron chi connectivity index (χ4n) is 3.79. The van der Waals surface area contributed by atoms with E-state index in [0.29, 0.717) is 43.8 Å². The number of carbonyl (C=O) groups is 2. The van der Waals surface area contributed by atoms with Crippen LogP contribution in [-0.2, 0) is 19.6 Å². The Hall–Kier alpha value is -1.93. The molecule has 1 unspecified atom stereocenters. The zero-order valence-corrected chi connectivity index (χ0v) is 16.5. The van der Waals surface area contributed by atoms with Crippen LogP contribution in [0, 0.1) is 25.7 Å². The number of benzene rings is 1. The van der Waals surface area contributed by atoms with E-state index >= 15 is 0 Å². The van der Waals surface area contributed by atoms with Crippen molar-refractivity contribution in [1.82, 2.24) is 9.21 Å². The van der Waals surface area contributed by atoms with Gasteiger partial charge in [-0.25, -0.2) is 8.42 Å². The third-order valence-corrected chi connectivity index (χ3v) is 7.66. The van der Waals surface area contributed by atoms with E-state index in [1.165, 1.54) is 4.31 Å². The molecule has 2 aliphatic heterocycles. The molecule has 2 aliphatic rings. The molecule has 27 heavy (non-hydrogen) atoms. The van der Waals surface area contributed by atoms with Crippen molar-refractivity contribution in [3.63, 3.8) is 0 Å². The van der Waals surface area contributed by atoms with E-state index in [9.17, 15) is 18.0 Å². The SMILES string of the molecule is Cc1ccc(S(=O)(=O)N2CCC(C(=O)N3CCC(C(=O)O)C3)CC2)cc1C. The summed E-state index contributed by atoms with van der Waals surface area (Å²) in [5, 5.41) is 9.08. The predicted molar refractivity (Wildman–Crippen MR) is 99.7 cm³/mol. The Morgan fingerprint density at radius 2 is 1.63 bits per heavy atom. The molecule has 1 aromatic rings. The highest BCUT2D eigenvalue weighted by Gasteiger charge is 2.37. The molecule has 0 spiro atoms. The van der Waals surface area contributed by atoms with Gasteiger partial charge in [0, 0.05) is 32.1 Å². The maximum Gasteiger partial charge on any atom is 0.308 e. The molecule has 2 heterocycles. The molecule has 0 aliphatic carbocycles. The van der Waals surface area contributed by atoms with E-state index in [-0.39, 0.29) is 18.4 Å². The van der Waals surface area contributed by atoms with Gasteiger partial charge in [-0.15, -0.1) is 0 Å². The molecule has 148 valence electrons. The van der Waals surface area contributed by atoms with Gasteiger partial charge in [-0.2, -0.15) is 4.31 Å². The number of carbonyl (C=O) groups excluding carboxylic acids is 1. The van der Waals surface area contributed by atoms with E-state index in [1.807, 2.05) is 19.9 Å². The Bertz CT molecular complexity index is 844. The van der Waals surface area contributed by atoms with Crippen LogP contribution in [0.3, 0.4) is 0 Å². The Labute approximate surface area is 160 Å². The van der Waals surface area contributed by atoms with E-state index in [2.05, 4.69) is 0 Å². The molecule has 1 amide bonds. The summed E-state index contributed by atoms with van der Waals surface area (Å²) < 4.78 is 27.2. The molecule has 3 rings (SSSR count). The highest BCUT2D eigenvalue weighted by Crippen LogP contribution is 2.28. The van der Waals surface area contributed by atoms with Crippen molar-refractivity contribution in [1.29, 1.82) is 0 Å². The second-order valence-electron chi connectivity index (χ2n) is 7.53. The number of sulfonamides is 1.